The van der Waals surface area contributed by atoms with E-state index in [0.717, 1.165) is 16.9 Å². The first-order chi connectivity index (χ1) is 11.2. The van der Waals surface area contributed by atoms with Crippen LogP contribution < -0.4 is 4.74 Å². The Hall–Kier alpha value is -3.20. The van der Waals surface area contributed by atoms with Crippen LogP contribution in [0.5, 0.6) is 5.75 Å². The first kappa shape index (κ1) is 14.7. The van der Waals surface area contributed by atoms with Gasteiger partial charge >= 0.3 is 0 Å². The minimum absolute atomic E-state index is 0.157. The van der Waals surface area contributed by atoms with Gasteiger partial charge in [-0.05, 0) is 35.4 Å². The smallest absolute Gasteiger partial charge is 0.252 e. The van der Waals surface area contributed by atoms with Crippen LogP contribution >= 0.6 is 0 Å². The minimum atomic E-state index is -0.259. The lowest BCUT2D eigenvalue weighted by Crippen LogP contribution is -2.01. The molecular formula is C17H13FN4O. The van der Waals surface area contributed by atoms with E-state index in [2.05, 4.69) is 10.1 Å². The predicted molar refractivity (Wildman–Crippen MR) is 81.0 cm³/mol. The molecule has 6 heteroatoms. The number of nitriles is 1. The molecule has 0 saturated carbocycles. The molecule has 5 nitrogen and oxygen atoms in total. The quantitative estimate of drug-likeness (QED) is 0.727. The molecule has 0 unspecified atom stereocenters. The number of aromatic nitrogens is 3. The average molecular weight is 308 g/mol. The van der Waals surface area contributed by atoms with E-state index in [1.165, 1.54) is 18.5 Å². The molecule has 1 aromatic heterocycles. The highest BCUT2D eigenvalue weighted by Crippen LogP contribution is 2.15. The van der Waals surface area contributed by atoms with Crippen molar-refractivity contribution in [2.24, 2.45) is 0 Å². The van der Waals surface area contributed by atoms with Gasteiger partial charge < -0.3 is 4.74 Å². The van der Waals surface area contributed by atoms with E-state index in [1.54, 1.807) is 16.8 Å². The Morgan fingerprint density at radius 2 is 1.74 bits per heavy atom. The molecule has 23 heavy (non-hydrogen) atoms. The fourth-order valence-electron chi connectivity index (χ4n) is 2.05. The van der Waals surface area contributed by atoms with E-state index in [9.17, 15) is 4.39 Å². The van der Waals surface area contributed by atoms with E-state index >= 15 is 0 Å². The zero-order chi connectivity index (χ0) is 16.1. The van der Waals surface area contributed by atoms with Gasteiger partial charge in [-0.15, -0.1) is 5.10 Å². The molecule has 0 aliphatic rings. The summed E-state index contributed by atoms with van der Waals surface area (Å²) in [6, 6.07) is 15.7. The van der Waals surface area contributed by atoms with Crippen LogP contribution in [0.4, 0.5) is 4.39 Å². The average Bonchev–Trinajstić information content (AvgIpc) is 3.03. The first-order valence-electron chi connectivity index (χ1n) is 6.99. The summed E-state index contributed by atoms with van der Waals surface area (Å²) in [7, 11) is 0. The fourth-order valence-corrected chi connectivity index (χ4v) is 2.05. The van der Waals surface area contributed by atoms with Gasteiger partial charge in [-0.1, -0.05) is 24.3 Å². The van der Waals surface area contributed by atoms with Crippen LogP contribution in [0.15, 0.2) is 54.9 Å². The summed E-state index contributed by atoms with van der Waals surface area (Å²) in [5, 5.41) is 12.7. The molecule has 0 saturated heterocycles. The van der Waals surface area contributed by atoms with E-state index < -0.39 is 0 Å². The fraction of sp³-hybridized carbons (Fsp3) is 0.118. The Balaban J connectivity index is 1.58. The standard InChI is InChI=1S/C17H13FN4O/c18-15-5-1-14(2-6-15)11-23-16-7-3-13(4-8-16)10-22-12-20-17(9-19)21-22/h1-8,12H,10-11H2. The Morgan fingerprint density at radius 1 is 1.04 bits per heavy atom. The third-order valence-corrected chi connectivity index (χ3v) is 3.22. The second kappa shape index (κ2) is 6.71. The van der Waals surface area contributed by atoms with Gasteiger partial charge in [0.2, 0.25) is 0 Å². The number of benzene rings is 2. The highest BCUT2D eigenvalue weighted by Gasteiger charge is 2.01. The van der Waals surface area contributed by atoms with Crippen molar-refractivity contribution in [3.05, 3.63) is 77.6 Å². The van der Waals surface area contributed by atoms with Gasteiger partial charge in [0.25, 0.3) is 5.82 Å². The molecule has 0 aliphatic carbocycles. The van der Waals surface area contributed by atoms with Gasteiger partial charge in [0.1, 0.15) is 30.6 Å². The molecule has 2 aromatic carbocycles. The van der Waals surface area contributed by atoms with E-state index in [0.29, 0.717) is 13.2 Å². The molecule has 0 amide bonds. The molecule has 3 aromatic rings. The van der Waals surface area contributed by atoms with Gasteiger partial charge in [-0.25, -0.2) is 14.1 Å². The molecule has 0 fully saturated rings. The molecule has 0 bridgehead atoms. The largest absolute Gasteiger partial charge is 0.489 e. The third kappa shape index (κ3) is 3.92. The van der Waals surface area contributed by atoms with Crippen molar-refractivity contribution < 1.29 is 9.13 Å². The summed E-state index contributed by atoms with van der Waals surface area (Å²) >= 11 is 0. The number of halogens is 1. The molecule has 0 radical (unpaired) electrons. The van der Waals surface area contributed by atoms with Crippen LogP contribution in [0.2, 0.25) is 0 Å². The van der Waals surface area contributed by atoms with Gasteiger partial charge in [0.15, 0.2) is 0 Å². The lowest BCUT2D eigenvalue weighted by Gasteiger charge is -2.07. The van der Waals surface area contributed by atoms with Gasteiger partial charge in [0.05, 0.1) is 6.54 Å². The zero-order valence-electron chi connectivity index (χ0n) is 12.2. The topological polar surface area (TPSA) is 63.7 Å². The summed E-state index contributed by atoms with van der Waals surface area (Å²) in [5.74, 6) is 0.629. The van der Waals surface area contributed by atoms with Crippen molar-refractivity contribution in [1.82, 2.24) is 14.8 Å². The van der Waals surface area contributed by atoms with E-state index in [-0.39, 0.29) is 11.6 Å². The van der Waals surface area contributed by atoms with Crippen LogP contribution in [0.25, 0.3) is 0 Å². The second-order valence-corrected chi connectivity index (χ2v) is 4.94. The number of nitrogens with zero attached hydrogens (tertiary/aromatic N) is 4. The molecule has 114 valence electrons. The van der Waals surface area contributed by atoms with Crippen LogP contribution in [0.3, 0.4) is 0 Å². The zero-order valence-corrected chi connectivity index (χ0v) is 12.2. The van der Waals surface area contributed by atoms with Gasteiger partial charge in [0, 0.05) is 0 Å². The van der Waals surface area contributed by atoms with Crippen molar-refractivity contribution in [2.45, 2.75) is 13.2 Å². The number of ether oxygens (including phenoxy) is 1. The Bertz CT molecular complexity index is 819. The van der Waals surface area contributed by atoms with Crippen LogP contribution in [0.1, 0.15) is 17.0 Å². The maximum absolute atomic E-state index is 12.8. The first-order valence-corrected chi connectivity index (χ1v) is 6.99. The molecule has 3 rings (SSSR count). The molecule has 0 spiro atoms. The summed E-state index contributed by atoms with van der Waals surface area (Å²) in [6.07, 6.45) is 1.53. The highest BCUT2D eigenvalue weighted by molar-refractivity contribution is 5.28. The summed E-state index contributed by atoms with van der Waals surface area (Å²) in [4.78, 5) is 3.86. The third-order valence-electron chi connectivity index (χ3n) is 3.22. The van der Waals surface area contributed by atoms with Crippen molar-refractivity contribution in [3.63, 3.8) is 0 Å². The number of hydrogen-bond acceptors (Lipinski definition) is 4. The van der Waals surface area contributed by atoms with Crippen LogP contribution in [-0.2, 0) is 13.2 Å². The van der Waals surface area contributed by atoms with E-state index in [1.807, 2.05) is 30.3 Å². The molecule has 0 N–H and O–H groups in total. The number of rotatable bonds is 5. The lowest BCUT2D eigenvalue weighted by molar-refractivity contribution is 0.306. The Kier molecular flexibility index (Phi) is 4.29. The predicted octanol–water partition coefficient (Wildman–Crippen LogP) is 2.92. The van der Waals surface area contributed by atoms with E-state index in [4.69, 9.17) is 10.00 Å². The van der Waals surface area contributed by atoms with Crippen molar-refractivity contribution in [3.8, 4) is 11.8 Å². The Morgan fingerprint density at radius 3 is 2.39 bits per heavy atom. The number of hydrogen-bond donors (Lipinski definition) is 0. The van der Waals surface area contributed by atoms with Crippen LogP contribution in [0, 0.1) is 17.1 Å². The highest BCUT2D eigenvalue weighted by atomic mass is 19.1. The lowest BCUT2D eigenvalue weighted by atomic mass is 10.2. The van der Waals surface area contributed by atoms with Gasteiger partial charge in [-0.3, -0.25) is 0 Å². The minimum Gasteiger partial charge on any atom is -0.489 e. The summed E-state index contributed by atoms with van der Waals surface area (Å²) in [6.45, 7) is 0.918. The van der Waals surface area contributed by atoms with Crippen molar-refractivity contribution in [1.29, 1.82) is 5.26 Å². The van der Waals surface area contributed by atoms with Crippen LogP contribution in [-0.4, -0.2) is 14.8 Å². The SMILES string of the molecule is N#Cc1ncn(Cc2ccc(OCc3ccc(F)cc3)cc2)n1. The molecule has 1 heterocycles. The summed E-state index contributed by atoms with van der Waals surface area (Å²) in [5.41, 5.74) is 1.93. The monoisotopic (exact) mass is 308 g/mol. The van der Waals surface area contributed by atoms with Gasteiger partial charge in [-0.2, -0.15) is 5.26 Å². The molecule has 0 atom stereocenters. The maximum atomic E-state index is 12.8. The Labute approximate surface area is 132 Å². The maximum Gasteiger partial charge on any atom is 0.252 e. The second-order valence-electron chi connectivity index (χ2n) is 4.94. The molecule has 0 aliphatic heterocycles. The molecular weight excluding hydrogens is 295 g/mol. The van der Waals surface area contributed by atoms with Crippen molar-refractivity contribution in [2.75, 3.05) is 0 Å². The summed E-state index contributed by atoms with van der Waals surface area (Å²) < 4.78 is 20.1. The normalized spacial score (nSPS) is 10.3. The van der Waals surface area contributed by atoms with Crippen molar-refractivity contribution >= 4 is 0 Å².